The molecule has 2 fully saturated rings. The summed E-state index contributed by atoms with van der Waals surface area (Å²) >= 11 is 0. The van der Waals surface area contributed by atoms with Gasteiger partial charge in [0.05, 0.1) is 12.7 Å². The van der Waals surface area contributed by atoms with E-state index in [1.807, 2.05) is 17.3 Å². The zero-order chi connectivity index (χ0) is 25.6. The predicted octanol–water partition coefficient (Wildman–Crippen LogP) is 4.92. The van der Waals surface area contributed by atoms with Gasteiger partial charge in [0.2, 0.25) is 11.9 Å². The molecule has 5 rings (SSSR count). The maximum atomic E-state index is 12.9. The Morgan fingerprint density at radius 2 is 1.68 bits per heavy atom. The number of aliphatic hydroxyl groups excluding tert-OH is 1. The first-order valence-electron chi connectivity index (χ1n) is 14.0. The van der Waals surface area contributed by atoms with Gasteiger partial charge in [-0.3, -0.25) is 4.79 Å². The van der Waals surface area contributed by atoms with E-state index in [-0.39, 0.29) is 30.3 Å². The van der Waals surface area contributed by atoms with Crippen molar-refractivity contribution in [3.63, 3.8) is 0 Å². The average molecular weight is 541 g/mol. The monoisotopic (exact) mass is 540 g/mol. The second-order valence-electron chi connectivity index (χ2n) is 10.8. The molecule has 1 N–H and O–H groups in total. The number of likely N-dealkylation sites (tertiary alicyclic amines) is 1. The third kappa shape index (κ3) is 7.06. The number of ether oxygens (including phenoxy) is 1. The first kappa shape index (κ1) is 28.4. The Kier molecular flexibility index (Phi) is 10.0. The van der Waals surface area contributed by atoms with Crippen LogP contribution < -0.4 is 9.64 Å². The number of benzene rings is 1. The Morgan fingerprint density at radius 1 is 1.00 bits per heavy atom. The summed E-state index contributed by atoms with van der Waals surface area (Å²) in [4.78, 5) is 26.1. The standard InChI is InChI=1S/C30H40N4O3.ClH/c1-2-22-19-31-30(32-20-22)34-15-11-23(12-16-34)21-37-28-9-7-25(8-10-28)24-3-5-26(6-4-24)29(36)33-17-13-27(35)14-18-33;/h3,7-10,19-20,23,26-27,35H,2,4-6,11-18,21H2,1H3;1H. The largest absolute Gasteiger partial charge is 0.493 e. The van der Waals surface area contributed by atoms with Crippen molar-refractivity contribution in [1.29, 1.82) is 0 Å². The van der Waals surface area contributed by atoms with Crippen molar-refractivity contribution in [3.8, 4) is 5.75 Å². The van der Waals surface area contributed by atoms with Gasteiger partial charge in [0.1, 0.15) is 5.75 Å². The van der Waals surface area contributed by atoms with Crippen molar-refractivity contribution in [1.82, 2.24) is 14.9 Å². The van der Waals surface area contributed by atoms with Gasteiger partial charge in [-0.1, -0.05) is 25.1 Å². The highest BCUT2D eigenvalue weighted by atomic mass is 35.5. The lowest BCUT2D eigenvalue weighted by Gasteiger charge is -2.33. The van der Waals surface area contributed by atoms with Crippen LogP contribution in [-0.2, 0) is 11.2 Å². The number of piperidine rings is 2. The SMILES string of the molecule is CCc1cnc(N2CCC(COc3ccc(C4=CCC(C(=O)N5CCC(O)CC5)CC4)cc3)CC2)nc1.Cl. The van der Waals surface area contributed by atoms with Crippen LogP contribution in [-0.4, -0.2) is 64.8 Å². The maximum Gasteiger partial charge on any atom is 0.226 e. The smallest absolute Gasteiger partial charge is 0.226 e. The van der Waals surface area contributed by atoms with Crippen molar-refractivity contribution in [2.24, 2.45) is 11.8 Å². The summed E-state index contributed by atoms with van der Waals surface area (Å²) in [6, 6.07) is 8.44. The minimum Gasteiger partial charge on any atom is -0.493 e. The number of aromatic nitrogens is 2. The molecule has 3 aliphatic rings. The summed E-state index contributed by atoms with van der Waals surface area (Å²) in [5.41, 5.74) is 3.72. The first-order chi connectivity index (χ1) is 18.1. The number of anilines is 1. The second kappa shape index (κ2) is 13.4. The van der Waals surface area contributed by atoms with E-state index in [0.717, 1.165) is 69.9 Å². The second-order valence-corrected chi connectivity index (χ2v) is 10.8. The molecule has 1 unspecified atom stereocenters. The topological polar surface area (TPSA) is 78.8 Å². The van der Waals surface area contributed by atoms with Gasteiger partial charge in [-0.2, -0.15) is 0 Å². The Balaban J connectivity index is 0.00000336. The molecule has 2 aromatic rings. The number of aryl methyl sites for hydroxylation is 1. The van der Waals surface area contributed by atoms with E-state index in [4.69, 9.17) is 4.74 Å². The van der Waals surface area contributed by atoms with Crippen LogP contribution in [0.5, 0.6) is 5.75 Å². The van der Waals surface area contributed by atoms with Gasteiger partial charge in [-0.05, 0) is 86.1 Å². The molecule has 3 heterocycles. The summed E-state index contributed by atoms with van der Waals surface area (Å²) < 4.78 is 6.15. The van der Waals surface area contributed by atoms with Crippen molar-refractivity contribution in [2.45, 2.75) is 64.4 Å². The zero-order valence-electron chi connectivity index (χ0n) is 22.4. The van der Waals surface area contributed by atoms with Crippen LogP contribution in [0, 0.1) is 11.8 Å². The third-order valence-electron chi connectivity index (χ3n) is 8.24. The van der Waals surface area contributed by atoms with E-state index in [9.17, 15) is 9.90 Å². The fraction of sp³-hybridized carbons (Fsp3) is 0.567. The summed E-state index contributed by atoms with van der Waals surface area (Å²) in [6.45, 7) is 6.17. The van der Waals surface area contributed by atoms with Gasteiger partial charge in [0, 0.05) is 44.5 Å². The fourth-order valence-corrected chi connectivity index (χ4v) is 5.64. The Labute approximate surface area is 232 Å². The van der Waals surface area contributed by atoms with E-state index in [0.29, 0.717) is 31.8 Å². The number of rotatable bonds is 7. The third-order valence-corrected chi connectivity index (χ3v) is 8.24. The lowest BCUT2D eigenvalue weighted by molar-refractivity contribution is -0.137. The molecule has 1 aromatic carbocycles. The van der Waals surface area contributed by atoms with E-state index < -0.39 is 0 Å². The highest BCUT2D eigenvalue weighted by Gasteiger charge is 2.29. The Bertz CT molecular complexity index is 1060. The normalized spacial score (nSPS) is 21.0. The van der Waals surface area contributed by atoms with Crippen LogP contribution in [0.1, 0.15) is 63.0 Å². The molecule has 2 saturated heterocycles. The number of amides is 1. The highest BCUT2D eigenvalue weighted by Crippen LogP contribution is 2.33. The molecule has 2 aliphatic heterocycles. The molecule has 0 saturated carbocycles. The number of carbonyl (C=O) groups excluding carboxylic acids is 1. The lowest BCUT2D eigenvalue weighted by Crippen LogP contribution is -2.43. The molecule has 1 aliphatic carbocycles. The molecule has 0 spiro atoms. The lowest BCUT2D eigenvalue weighted by atomic mass is 9.85. The van der Waals surface area contributed by atoms with Crippen LogP contribution in [0.3, 0.4) is 0 Å². The minimum absolute atomic E-state index is 0. The van der Waals surface area contributed by atoms with Gasteiger partial charge in [-0.25, -0.2) is 9.97 Å². The van der Waals surface area contributed by atoms with E-state index in [1.54, 1.807) is 0 Å². The van der Waals surface area contributed by atoms with Crippen LogP contribution in [0.25, 0.3) is 5.57 Å². The van der Waals surface area contributed by atoms with Crippen LogP contribution >= 0.6 is 12.4 Å². The van der Waals surface area contributed by atoms with Gasteiger partial charge in [0.25, 0.3) is 0 Å². The van der Waals surface area contributed by atoms with Crippen molar-refractivity contribution in [2.75, 3.05) is 37.7 Å². The number of nitrogens with zero attached hydrogens (tertiary/aromatic N) is 4. The quantitative estimate of drug-likeness (QED) is 0.537. The summed E-state index contributed by atoms with van der Waals surface area (Å²) in [5.74, 6) is 2.64. The van der Waals surface area contributed by atoms with Crippen molar-refractivity contribution < 1.29 is 14.6 Å². The number of aliphatic hydroxyl groups is 1. The maximum absolute atomic E-state index is 12.9. The molecular weight excluding hydrogens is 500 g/mol. The molecule has 1 aromatic heterocycles. The molecule has 8 heteroatoms. The van der Waals surface area contributed by atoms with E-state index >= 15 is 0 Å². The number of hydrogen-bond donors (Lipinski definition) is 1. The summed E-state index contributed by atoms with van der Waals surface area (Å²) in [7, 11) is 0. The van der Waals surface area contributed by atoms with Crippen molar-refractivity contribution >= 4 is 29.8 Å². The molecule has 0 bridgehead atoms. The van der Waals surface area contributed by atoms with Crippen LogP contribution in [0.15, 0.2) is 42.7 Å². The van der Waals surface area contributed by atoms with Gasteiger partial charge in [-0.15, -0.1) is 12.4 Å². The van der Waals surface area contributed by atoms with Gasteiger partial charge in [0.15, 0.2) is 0 Å². The predicted molar refractivity (Wildman–Crippen MR) is 153 cm³/mol. The zero-order valence-corrected chi connectivity index (χ0v) is 23.2. The summed E-state index contributed by atoms with van der Waals surface area (Å²) in [5, 5.41) is 9.70. The average Bonchev–Trinajstić information content (AvgIpc) is 2.97. The molecule has 206 valence electrons. The number of hydrogen-bond acceptors (Lipinski definition) is 6. The number of carbonyl (C=O) groups is 1. The Hall–Kier alpha value is -2.64. The van der Waals surface area contributed by atoms with Gasteiger partial charge >= 0.3 is 0 Å². The molecule has 0 radical (unpaired) electrons. The molecule has 38 heavy (non-hydrogen) atoms. The summed E-state index contributed by atoms with van der Waals surface area (Å²) in [6.07, 6.45) is 13.0. The fourth-order valence-electron chi connectivity index (χ4n) is 5.64. The van der Waals surface area contributed by atoms with Crippen molar-refractivity contribution in [3.05, 3.63) is 53.9 Å². The minimum atomic E-state index is -0.245. The number of halogens is 1. The first-order valence-corrected chi connectivity index (χ1v) is 14.0. The molecule has 7 nitrogen and oxygen atoms in total. The Morgan fingerprint density at radius 3 is 2.29 bits per heavy atom. The highest BCUT2D eigenvalue weighted by molar-refractivity contribution is 5.85. The van der Waals surface area contributed by atoms with E-state index in [1.165, 1.54) is 16.7 Å². The molecule has 1 amide bonds. The van der Waals surface area contributed by atoms with Crippen LogP contribution in [0.4, 0.5) is 5.95 Å². The van der Waals surface area contributed by atoms with E-state index in [2.05, 4.69) is 52.1 Å². The molecular formula is C30H41ClN4O3. The molecule has 1 atom stereocenters. The van der Waals surface area contributed by atoms with Crippen LogP contribution in [0.2, 0.25) is 0 Å². The van der Waals surface area contributed by atoms with Gasteiger partial charge < -0.3 is 19.6 Å². The number of allylic oxidation sites excluding steroid dienone is 2.